The molecule has 0 radical (unpaired) electrons. The Labute approximate surface area is 102 Å². The number of carbonyl (C=O) groups is 2. The molecule has 4 bridgehead atoms. The lowest BCUT2D eigenvalue weighted by molar-refractivity contribution is -0.157. The standard InChI is InChI=1S/C12H10N2O4/c15-9-11-2-5-1-6(8(11)14-17-9)3-12(4-11)7(5)13-18-10(12)16/h5-6H,1-4H2/t5-,6-,11-,12-/m0/s1. The van der Waals surface area contributed by atoms with Crippen LogP contribution in [-0.2, 0) is 19.3 Å². The monoisotopic (exact) mass is 246 g/mol. The zero-order valence-corrected chi connectivity index (χ0v) is 9.51. The fourth-order valence-electron chi connectivity index (χ4n) is 4.80. The quantitative estimate of drug-likeness (QED) is 0.587. The SMILES string of the molecule is O=C1ON=C2[C@H]3C[C@H]4C[C@@]12C[C@]1(C3)C(=O)ON=C41. The molecule has 92 valence electrons. The minimum Gasteiger partial charge on any atom is -0.317 e. The van der Waals surface area contributed by atoms with E-state index < -0.39 is 10.8 Å². The van der Waals surface area contributed by atoms with E-state index in [1.54, 1.807) is 0 Å². The van der Waals surface area contributed by atoms with Crippen LogP contribution in [0.1, 0.15) is 25.7 Å². The lowest BCUT2D eigenvalue weighted by Gasteiger charge is -2.55. The lowest BCUT2D eigenvalue weighted by atomic mass is 9.43. The summed E-state index contributed by atoms with van der Waals surface area (Å²) in [5.74, 6) is -0.225. The Bertz CT molecular complexity index is 545. The van der Waals surface area contributed by atoms with Crippen LogP contribution in [-0.4, -0.2) is 23.4 Å². The first-order valence-corrected chi connectivity index (χ1v) is 6.25. The van der Waals surface area contributed by atoms with Crippen molar-refractivity contribution in [2.75, 3.05) is 0 Å². The van der Waals surface area contributed by atoms with Crippen LogP contribution in [0.15, 0.2) is 10.3 Å². The number of hydrogen-bond donors (Lipinski definition) is 0. The lowest BCUT2D eigenvalue weighted by Crippen LogP contribution is -2.64. The smallest absolute Gasteiger partial charge is 0.317 e. The second-order valence-corrected chi connectivity index (χ2v) is 6.09. The number of hydrogen-bond acceptors (Lipinski definition) is 6. The van der Waals surface area contributed by atoms with Gasteiger partial charge < -0.3 is 9.68 Å². The number of rotatable bonds is 0. The topological polar surface area (TPSA) is 77.3 Å². The summed E-state index contributed by atoms with van der Waals surface area (Å²) in [4.78, 5) is 34.0. The highest BCUT2D eigenvalue weighted by molar-refractivity contribution is 6.21. The fraction of sp³-hybridized carbons (Fsp3) is 0.667. The average Bonchev–Trinajstić information content (AvgIpc) is 2.82. The van der Waals surface area contributed by atoms with Crippen LogP contribution < -0.4 is 0 Å². The van der Waals surface area contributed by atoms with Gasteiger partial charge in [-0.25, -0.2) is 9.59 Å². The maximum Gasteiger partial charge on any atom is 0.346 e. The van der Waals surface area contributed by atoms with Crippen molar-refractivity contribution in [3.63, 3.8) is 0 Å². The largest absolute Gasteiger partial charge is 0.346 e. The van der Waals surface area contributed by atoms with Crippen LogP contribution >= 0.6 is 0 Å². The summed E-state index contributed by atoms with van der Waals surface area (Å²) in [5, 5.41) is 7.96. The second kappa shape index (κ2) is 2.37. The molecule has 0 aromatic rings. The van der Waals surface area contributed by atoms with Crippen molar-refractivity contribution in [2.45, 2.75) is 25.7 Å². The first-order valence-electron chi connectivity index (χ1n) is 6.25. The summed E-state index contributed by atoms with van der Waals surface area (Å²) in [6.07, 6.45) is 2.72. The Morgan fingerprint density at radius 1 is 0.944 bits per heavy atom. The molecule has 2 heterocycles. The van der Waals surface area contributed by atoms with Gasteiger partial charge in [-0.15, -0.1) is 0 Å². The summed E-state index contributed by atoms with van der Waals surface area (Å²) >= 11 is 0. The molecule has 2 aliphatic heterocycles. The molecule has 0 aromatic heterocycles. The van der Waals surface area contributed by atoms with Crippen LogP contribution in [0.25, 0.3) is 0 Å². The Balaban J connectivity index is 1.78. The van der Waals surface area contributed by atoms with E-state index >= 15 is 0 Å². The van der Waals surface area contributed by atoms with Crippen LogP contribution in [0.5, 0.6) is 0 Å². The molecule has 0 unspecified atom stereocenters. The third-order valence-corrected chi connectivity index (χ3v) is 5.35. The molecule has 0 saturated heterocycles. The summed E-state index contributed by atoms with van der Waals surface area (Å²) in [6, 6.07) is 0. The molecular formula is C12H10N2O4. The van der Waals surface area contributed by atoms with Crippen molar-refractivity contribution >= 4 is 23.4 Å². The highest BCUT2D eigenvalue weighted by Crippen LogP contribution is 2.65. The third-order valence-electron chi connectivity index (χ3n) is 5.35. The summed E-state index contributed by atoms with van der Waals surface area (Å²) in [6.45, 7) is 0. The summed E-state index contributed by atoms with van der Waals surface area (Å²) in [5.41, 5.74) is 0.420. The molecule has 0 amide bonds. The summed E-state index contributed by atoms with van der Waals surface area (Å²) in [7, 11) is 0. The van der Waals surface area contributed by atoms with Gasteiger partial charge in [0.05, 0.1) is 11.4 Å². The van der Waals surface area contributed by atoms with E-state index in [0.29, 0.717) is 19.3 Å². The van der Waals surface area contributed by atoms with Crippen molar-refractivity contribution < 1.29 is 19.3 Å². The molecule has 6 rings (SSSR count). The van der Waals surface area contributed by atoms with E-state index in [2.05, 4.69) is 10.3 Å². The molecular weight excluding hydrogens is 236 g/mol. The first kappa shape index (κ1) is 9.24. The highest BCUT2D eigenvalue weighted by atomic mass is 16.7. The maximum absolute atomic E-state index is 12.1. The normalized spacial score (nSPS) is 50.4. The molecule has 2 spiro atoms. The number of carbonyl (C=O) groups excluding carboxylic acids is 2. The fourth-order valence-corrected chi connectivity index (χ4v) is 4.80. The van der Waals surface area contributed by atoms with Gasteiger partial charge in [-0.1, -0.05) is 10.3 Å². The van der Waals surface area contributed by atoms with Crippen molar-refractivity contribution in [1.29, 1.82) is 0 Å². The Morgan fingerprint density at radius 3 is 1.94 bits per heavy atom. The molecule has 6 heteroatoms. The van der Waals surface area contributed by atoms with E-state index in [1.165, 1.54) is 0 Å². The molecule has 0 N–H and O–H groups in total. The minimum atomic E-state index is -0.659. The zero-order valence-electron chi connectivity index (χ0n) is 9.51. The van der Waals surface area contributed by atoms with Crippen LogP contribution in [0.2, 0.25) is 0 Å². The van der Waals surface area contributed by atoms with Gasteiger partial charge in [0.15, 0.2) is 0 Å². The zero-order chi connectivity index (χ0) is 12.1. The average molecular weight is 246 g/mol. The van der Waals surface area contributed by atoms with Gasteiger partial charge in [-0.2, -0.15) is 0 Å². The molecule has 4 aliphatic carbocycles. The number of nitrogens with zero attached hydrogens (tertiary/aromatic N) is 2. The molecule has 0 aromatic carbocycles. The first-order chi connectivity index (χ1) is 8.66. The van der Waals surface area contributed by atoms with E-state index in [1.807, 2.05) is 0 Å². The predicted octanol–water partition coefficient (Wildman–Crippen LogP) is 0.618. The highest BCUT2D eigenvalue weighted by Gasteiger charge is 2.74. The Hall–Kier alpha value is -1.72. The molecule has 18 heavy (non-hydrogen) atoms. The van der Waals surface area contributed by atoms with Gasteiger partial charge in [0.1, 0.15) is 10.8 Å². The van der Waals surface area contributed by atoms with Gasteiger partial charge in [-0.05, 0) is 25.7 Å². The molecule has 4 saturated carbocycles. The Kier molecular flexibility index (Phi) is 1.22. The third kappa shape index (κ3) is 0.693. The van der Waals surface area contributed by atoms with Crippen LogP contribution in [0, 0.1) is 22.7 Å². The van der Waals surface area contributed by atoms with Gasteiger partial charge in [0.2, 0.25) is 0 Å². The van der Waals surface area contributed by atoms with Gasteiger partial charge >= 0.3 is 11.9 Å². The van der Waals surface area contributed by atoms with Crippen molar-refractivity contribution in [3.8, 4) is 0 Å². The van der Waals surface area contributed by atoms with E-state index in [4.69, 9.17) is 9.68 Å². The van der Waals surface area contributed by atoms with E-state index in [-0.39, 0.29) is 23.8 Å². The minimum absolute atomic E-state index is 0.175. The Morgan fingerprint density at radius 2 is 1.44 bits per heavy atom. The van der Waals surface area contributed by atoms with Gasteiger partial charge in [-0.3, -0.25) is 0 Å². The van der Waals surface area contributed by atoms with Crippen molar-refractivity contribution in [1.82, 2.24) is 0 Å². The molecule has 6 aliphatic rings. The van der Waals surface area contributed by atoms with Gasteiger partial charge in [0, 0.05) is 11.8 Å². The molecule has 4 atom stereocenters. The number of oxime groups is 2. The second-order valence-electron chi connectivity index (χ2n) is 6.09. The predicted molar refractivity (Wildman–Crippen MR) is 57.4 cm³/mol. The summed E-state index contributed by atoms with van der Waals surface area (Å²) < 4.78 is 0. The van der Waals surface area contributed by atoms with E-state index in [9.17, 15) is 9.59 Å². The molecule has 6 nitrogen and oxygen atoms in total. The van der Waals surface area contributed by atoms with Crippen molar-refractivity contribution in [3.05, 3.63) is 0 Å². The van der Waals surface area contributed by atoms with Crippen LogP contribution in [0.3, 0.4) is 0 Å². The van der Waals surface area contributed by atoms with Crippen molar-refractivity contribution in [2.24, 2.45) is 33.0 Å². The van der Waals surface area contributed by atoms with Gasteiger partial charge in [0.25, 0.3) is 0 Å². The molecule has 4 fully saturated rings. The van der Waals surface area contributed by atoms with Crippen LogP contribution in [0.4, 0.5) is 0 Å². The van der Waals surface area contributed by atoms with E-state index in [0.717, 1.165) is 17.8 Å². The maximum atomic E-state index is 12.1.